The van der Waals surface area contributed by atoms with E-state index in [1.807, 2.05) is 30.3 Å². The molecular weight excluding hydrogens is 362 g/mol. The number of aryl methyl sites for hydroxylation is 1. The molecule has 0 aliphatic heterocycles. The van der Waals surface area contributed by atoms with Gasteiger partial charge >= 0.3 is 0 Å². The maximum atomic E-state index is 12.0. The van der Waals surface area contributed by atoms with Gasteiger partial charge in [-0.05, 0) is 36.8 Å². The number of rotatable bonds is 8. The Morgan fingerprint density at radius 1 is 1.22 bits per heavy atom. The zero-order valence-electron chi connectivity index (χ0n) is 15.3. The van der Waals surface area contributed by atoms with Crippen molar-refractivity contribution in [3.63, 3.8) is 0 Å². The topological polar surface area (TPSA) is 77.3 Å². The van der Waals surface area contributed by atoms with E-state index in [1.165, 1.54) is 11.1 Å². The summed E-state index contributed by atoms with van der Waals surface area (Å²) < 4.78 is 10.3. The van der Waals surface area contributed by atoms with Gasteiger partial charge in [0.1, 0.15) is 5.75 Å². The summed E-state index contributed by atoms with van der Waals surface area (Å²) in [5.74, 6) is 2.74. The smallest absolute Gasteiger partial charge is 0.246 e. The Morgan fingerprint density at radius 2 is 2.04 bits per heavy atom. The molecule has 0 radical (unpaired) electrons. The van der Waals surface area contributed by atoms with Gasteiger partial charge in [0, 0.05) is 11.3 Å². The SMILES string of the molecule is COc1ccc(-c2noc(CNC(=O)CSCc3cccc(C)c3)n2)cc1. The highest BCUT2D eigenvalue weighted by molar-refractivity contribution is 7.99. The Hall–Kier alpha value is -2.80. The van der Waals surface area contributed by atoms with Gasteiger partial charge in [-0.2, -0.15) is 4.98 Å². The molecule has 3 aromatic rings. The van der Waals surface area contributed by atoms with E-state index >= 15 is 0 Å². The van der Waals surface area contributed by atoms with Crippen molar-refractivity contribution in [3.05, 3.63) is 65.5 Å². The highest BCUT2D eigenvalue weighted by Gasteiger charge is 2.10. The van der Waals surface area contributed by atoms with Crippen molar-refractivity contribution in [2.45, 2.75) is 19.2 Å². The zero-order chi connectivity index (χ0) is 19.1. The van der Waals surface area contributed by atoms with Gasteiger partial charge in [0.05, 0.1) is 19.4 Å². The number of benzene rings is 2. The second-order valence-electron chi connectivity index (χ2n) is 6.00. The van der Waals surface area contributed by atoms with Crippen LogP contribution in [0.1, 0.15) is 17.0 Å². The van der Waals surface area contributed by atoms with Crippen LogP contribution in [0.2, 0.25) is 0 Å². The van der Waals surface area contributed by atoms with E-state index in [0.717, 1.165) is 17.1 Å². The average molecular weight is 383 g/mol. The fourth-order valence-electron chi connectivity index (χ4n) is 2.47. The largest absolute Gasteiger partial charge is 0.497 e. The summed E-state index contributed by atoms with van der Waals surface area (Å²) in [6, 6.07) is 15.7. The highest BCUT2D eigenvalue weighted by Crippen LogP contribution is 2.19. The monoisotopic (exact) mass is 383 g/mol. The fourth-order valence-corrected chi connectivity index (χ4v) is 3.28. The van der Waals surface area contributed by atoms with Gasteiger partial charge in [-0.15, -0.1) is 11.8 Å². The second-order valence-corrected chi connectivity index (χ2v) is 6.98. The summed E-state index contributed by atoms with van der Waals surface area (Å²) in [7, 11) is 1.61. The predicted octanol–water partition coefficient (Wildman–Crippen LogP) is 3.60. The molecule has 3 rings (SSSR count). The third kappa shape index (κ3) is 5.59. The Kier molecular flexibility index (Phi) is 6.49. The molecule has 1 N–H and O–H groups in total. The lowest BCUT2D eigenvalue weighted by molar-refractivity contribution is -0.118. The highest BCUT2D eigenvalue weighted by atomic mass is 32.2. The molecule has 0 unspecified atom stereocenters. The molecule has 7 heteroatoms. The van der Waals surface area contributed by atoms with Crippen molar-refractivity contribution in [2.75, 3.05) is 12.9 Å². The average Bonchev–Trinajstić information content (AvgIpc) is 3.16. The normalized spacial score (nSPS) is 10.6. The molecule has 0 spiro atoms. The lowest BCUT2D eigenvalue weighted by Gasteiger charge is -2.04. The van der Waals surface area contributed by atoms with E-state index in [9.17, 15) is 4.79 Å². The maximum Gasteiger partial charge on any atom is 0.246 e. The van der Waals surface area contributed by atoms with Crippen LogP contribution in [0.25, 0.3) is 11.4 Å². The lowest BCUT2D eigenvalue weighted by Crippen LogP contribution is -2.24. The number of aromatic nitrogens is 2. The maximum absolute atomic E-state index is 12.0. The number of carbonyl (C=O) groups is 1. The molecule has 0 aliphatic rings. The van der Waals surface area contributed by atoms with Crippen molar-refractivity contribution in [1.29, 1.82) is 0 Å². The molecule has 2 aromatic carbocycles. The molecule has 0 saturated heterocycles. The van der Waals surface area contributed by atoms with Crippen LogP contribution in [0, 0.1) is 6.92 Å². The van der Waals surface area contributed by atoms with Crippen LogP contribution >= 0.6 is 11.8 Å². The van der Waals surface area contributed by atoms with Crippen LogP contribution in [0.15, 0.2) is 53.1 Å². The second kappa shape index (κ2) is 9.23. The molecular formula is C20H21N3O3S. The van der Waals surface area contributed by atoms with Gasteiger partial charge in [0.2, 0.25) is 17.6 Å². The molecule has 6 nitrogen and oxygen atoms in total. The van der Waals surface area contributed by atoms with Gasteiger partial charge in [0.15, 0.2) is 0 Å². The number of nitrogens with zero attached hydrogens (tertiary/aromatic N) is 2. The molecule has 0 bridgehead atoms. The van der Waals surface area contributed by atoms with Crippen LogP contribution in [-0.4, -0.2) is 28.9 Å². The molecule has 0 atom stereocenters. The van der Waals surface area contributed by atoms with E-state index in [-0.39, 0.29) is 12.5 Å². The number of amides is 1. The number of hydrogen-bond acceptors (Lipinski definition) is 6. The van der Waals surface area contributed by atoms with E-state index in [0.29, 0.717) is 17.5 Å². The molecule has 0 saturated carbocycles. The first-order valence-corrected chi connectivity index (χ1v) is 9.66. The van der Waals surface area contributed by atoms with Gasteiger partial charge in [-0.1, -0.05) is 35.0 Å². The quantitative estimate of drug-likeness (QED) is 0.640. The van der Waals surface area contributed by atoms with Crippen molar-refractivity contribution in [2.24, 2.45) is 0 Å². The molecule has 0 fully saturated rings. The summed E-state index contributed by atoms with van der Waals surface area (Å²) in [6.07, 6.45) is 0. The Bertz CT molecular complexity index is 893. The minimum Gasteiger partial charge on any atom is -0.497 e. The van der Waals surface area contributed by atoms with Crippen LogP contribution in [0.3, 0.4) is 0 Å². The number of ether oxygens (including phenoxy) is 1. The summed E-state index contributed by atoms with van der Waals surface area (Å²) in [4.78, 5) is 16.3. The minimum atomic E-state index is -0.0585. The molecule has 140 valence electrons. The van der Waals surface area contributed by atoms with E-state index in [2.05, 4.69) is 40.6 Å². The van der Waals surface area contributed by atoms with Gasteiger partial charge in [-0.25, -0.2) is 0 Å². The predicted molar refractivity (Wildman–Crippen MR) is 105 cm³/mol. The van der Waals surface area contributed by atoms with Crippen molar-refractivity contribution >= 4 is 17.7 Å². The standard InChI is InChI=1S/C20H21N3O3S/c1-14-4-3-5-15(10-14)12-27-13-18(24)21-11-19-22-20(23-26-19)16-6-8-17(25-2)9-7-16/h3-10H,11-13H2,1-2H3,(H,21,24). The summed E-state index contributed by atoms with van der Waals surface area (Å²) in [6.45, 7) is 2.28. The third-order valence-electron chi connectivity index (χ3n) is 3.84. The van der Waals surface area contributed by atoms with Gasteiger partial charge in [-0.3, -0.25) is 4.79 Å². The number of nitrogens with one attached hydrogen (secondary N) is 1. The summed E-state index contributed by atoms with van der Waals surface area (Å²) in [5, 5.41) is 6.75. The molecule has 0 aliphatic carbocycles. The van der Waals surface area contributed by atoms with Crippen molar-refractivity contribution < 1.29 is 14.1 Å². The van der Waals surface area contributed by atoms with Gasteiger partial charge < -0.3 is 14.6 Å². The lowest BCUT2D eigenvalue weighted by atomic mass is 10.2. The first-order chi connectivity index (χ1) is 13.1. The summed E-state index contributed by atoms with van der Waals surface area (Å²) in [5.41, 5.74) is 3.27. The van der Waals surface area contributed by atoms with Crippen LogP contribution in [0.4, 0.5) is 0 Å². The Labute approximate surface area is 162 Å². The van der Waals surface area contributed by atoms with Crippen LogP contribution in [-0.2, 0) is 17.1 Å². The minimum absolute atomic E-state index is 0.0585. The third-order valence-corrected chi connectivity index (χ3v) is 4.84. The van der Waals surface area contributed by atoms with E-state index in [4.69, 9.17) is 9.26 Å². The number of carbonyl (C=O) groups excluding carboxylic acids is 1. The first kappa shape index (κ1) is 19.0. The number of thioether (sulfide) groups is 1. The first-order valence-electron chi connectivity index (χ1n) is 8.51. The number of methoxy groups -OCH3 is 1. The summed E-state index contributed by atoms with van der Waals surface area (Å²) >= 11 is 1.57. The number of hydrogen-bond donors (Lipinski definition) is 1. The Morgan fingerprint density at radius 3 is 2.78 bits per heavy atom. The Balaban J connectivity index is 1.44. The molecule has 1 aromatic heterocycles. The van der Waals surface area contributed by atoms with Crippen LogP contribution < -0.4 is 10.1 Å². The van der Waals surface area contributed by atoms with E-state index < -0.39 is 0 Å². The van der Waals surface area contributed by atoms with Crippen LogP contribution in [0.5, 0.6) is 5.75 Å². The van der Waals surface area contributed by atoms with E-state index in [1.54, 1.807) is 18.9 Å². The van der Waals surface area contributed by atoms with Gasteiger partial charge in [0.25, 0.3) is 0 Å². The molecule has 1 heterocycles. The fraction of sp³-hybridized carbons (Fsp3) is 0.250. The van der Waals surface area contributed by atoms with Crippen molar-refractivity contribution in [1.82, 2.24) is 15.5 Å². The zero-order valence-corrected chi connectivity index (χ0v) is 16.1. The van der Waals surface area contributed by atoms with Crippen molar-refractivity contribution in [3.8, 4) is 17.1 Å². The molecule has 27 heavy (non-hydrogen) atoms. The molecule has 1 amide bonds.